The van der Waals surface area contributed by atoms with Crippen molar-refractivity contribution in [2.24, 2.45) is 13.0 Å². The van der Waals surface area contributed by atoms with Gasteiger partial charge >= 0.3 is 0 Å². The normalized spacial score (nSPS) is 14.3. The van der Waals surface area contributed by atoms with Crippen LogP contribution < -0.4 is 4.57 Å². The van der Waals surface area contributed by atoms with E-state index in [0.717, 1.165) is 56.5 Å². The van der Waals surface area contributed by atoms with E-state index in [-0.39, 0.29) is 0 Å². The van der Waals surface area contributed by atoms with Gasteiger partial charge in [0.1, 0.15) is 18.2 Å². The molecule has 190 valence electrons. The first kappa shape index (κ1) is 24.4. The Hall–Kier alpha value is -3.90. The van der Waals surface area contributed by atoms with Gasteiger partial charge in [-0.15, -0.1) is 0 Å². The lowest BCUT2D eigenvalue weighted by molar-refractivity contribution is -0.666. The average Bonchev–Trinajstić information content (AvgIpc) is 3.29. The lowest BCUT2D eigenvalue weighted by Crippen LogP contribution is -2.35. The van der Waals surface area contributed by atoms with Gasteiger partial charge < -0.3 is 4.42 Å². The zero-order valence-corrected chi connectivity index (χ0v) is 22.9. The fourth-order valence-corrected chi connectivity index (χ4v) is 6.48. The van der Waals surface area contributed by atoms with E-state index < -0.39 is 0 Å². The summed E-state index contributed by atoms with van der Waals surface area (Å²) >= 11 is 0. The Morgan fingerprint density at radius 3 is 2.32 bits per heavy atom. The molecule has 3 heteroatoms. The van der Waals surface area contributed by atoms with Crippen LogP contribution in [0, 0.1) is 33.3 Å². The monoisotopic (exact) mass is 499 g/mol. The Morgan fingerprint density at radius 2 is 1.58 bits per heavy atom. The minimum atomic E-state index is 0.664. The van der Waals surface area contributed by atoms with Gasteiger partial charge in [-0.25, -0.2) is 4.85 Å². The fourth-order valence-electron chi connectivity index (χ4n) is 6.48. The van der Waals surface area contributed by atoms with Gasteiger partial charge in [-0.2, -0.15) is 4.57 Å². The molecule has 0 aliphatic heterocycles. The molecule has 1 aliphatic rings. The van der Waals surface area contributed by atoms with E-state index in [9.17, 15) is 0 Å². The first-order valence-electron chi connectivity index (χ1n) is 13.9. The topological polar surface area (TPSA) is 21.4 Å². The third kappa shape index (κ3) is 4.09. The second-order valence-corrected chi connectivity index (χ2v) is 11.2. The summed E-state index contributed by atoms with van der Waals surface area (Å²) in [4.78, 5) is 3.94. The highest BCUT2D eigenvalue weighted by Gasteiger charge is 2.26. The van der Waals surface area contributed by atoms with Crippen molar-refractivity contribution in [2.75, 3.05) is 0 Å². The molecule has 1 fully saturated rings. The molecule has 0 saturated heterocycles. The summed E-state index contributed by atoms with van der Waals surface area (Å²) in [5, 5.41) is 2.18. The molecule has 38 heavy (non-hydrogen) atoms. The van der Waals surface area contributed by atoms with Crippen LogP contribution in [-0.2, 0) is 13.5 Å². The molecule has 0 unspecified atom stereocenters. The Bertz CT molecular complexity index is 1710. The van der Waals surface area contributed by atoms with Gasteiger partial charge in [-0.1, -0.05) is 80.6 Å². The van der Waals surface area contributed by atoms with Gasteiger partial charge in [-0.05, 0) is 48.4 Å². The highest BCUT2D eigenvalue weighted by molar-refractivity contribution is 6.15. The SMILES string of the molecule is [C-]#[N+]c1c(C)cc2c(oc3c(-c4cc(CC5CCCCC5)cc(C)[n+]4C)c(C)ccc32)c1-c1ccccc1. The zero-order valence-electron chi connectivity index (χ0n) is 22.9. The number of furan rings is 1. The Labute approximate surface area is 225 Å². The molecule has 2 heterocycles. The number of nitrogens with zero attached hydrogens (tertiary/aromatic N) is 2. The van der Waals surface area contributed by atoms with Crippen molar-refractivity contribution in [3.63, 3.8) is 0 Å². The molecule has 0 N–H and O–H groups in total. The highest BCUT2D eigenvalue weighted by atomic mass is 16.3. The summed E-state index contributed by atoms with van der Waals surface area (Å²) in [5.74, 6) is 0.787. The third-order valence-corrected chi connectivity index (χ3v) is 8.59. The first-order chi connectivity index (χ1) is 18.5. The summed E-state index contributed by atoms with van der Waals surface area (Å²) in [5.41, 5.74) is 11.5. The van der Waals surface area contributed by atoms with Crippen LogP contribution in [0.5, 0.6) is 0 Å². The fraction of sp³-hybridized carbons (Fsp3) is 0.314. The maximum Gasteiger partial charge on any atom is 0.216 e. The number of hydrogen-bond donors (Lipinski definition) is 0. The maximum atomic E-state index is 7.96. The predicted molar refractivity (Wildman–Crippen MR) is 157 cm³/mol. The molecule has 0 amide bonds. The summed E-state index contributed by atoms with van der Waals surface area (Å²) in [7, 11) is 2.16. The molecule has 5 aromatic rings. The third-order valence-electron chi connectivity index (χ3n) is 8.59. The molecule has 6 rings (SSSR count). The predicted octanol–water partition coefficient (Wildman–Crippen LogP) is 9.34. The van der Waals surface area contributed by atoms with Gasteiger partial charge in [0.15, 0.2) is 5.69 Å². The van der Waals surface area contributed by atoms with Crippen LogP contribution in [-0.4, -0.2) is 0 Å². The molecule has 0 atom stereocenters. The number of pyridine rings is 1. The number of benzene rings is 3. The molecule has 0 spiro atoms. The van der Waals surface area contributed by atoms with E-state index in [1.165, 1.54) is 54.6 Å². The lowest BCUT2D eigenvalue weighted by Gasteiger charge is -2.21. The molecule has 3 nitrogen and oxygen atoms in total. The smallest absolute Gasteiger partial charge is 0.216 e. The van der Waals surface area contributed by atoms with Crippen molar-refractivity contribution in [1.29, 1.82) is 0 Å². The quantitative estimate of drug-likeness (QED) is 0.178. The van der Waals surface area contributed by atoms with Crippen molar-refractivity contribution < 1.29 is 8.98 Å². The molecule has 3 aromatic carbocycles. The molecule has 0 radical (unpaired) electrons. The van der Waals surface area contributed by atoms with Crippen molar-refractivity contribution >= 4 is 27.6 Å². The van der Waals surface area contributed by atoms with Crippen molar-refractivity contribution in [3.05, 3.63) is 94.5 Å². The number of aryl methyl sites for hydroxylation is 3. The van der Waals surface area contributed by atoms with E-state index in [2.05, 4.69) is 72.8 Å². The summed E-state index contributed by atoms with van der Waals surface area (Å²) in [6.45, 7) is 14.4. The van der Waals surface area contributed by atoms with Crippen molar-refractivity contribution in [1.82, 2.24) is 0 Å². The minimum Gasteiger partial charge on any atom is -0.456 e. The van der Waals surface area contributed by atoms with Crippen LogP contribution in [0.1, 0.15) is 54.5 Å². The van der Waals surface area contributed by atoms with Crippen molar-refractivity contribution in [2.45, 2.75) is 59.3 Å². The first-order valence-corrected chi connectivity index (χ1v) is 13.9. The molecule has 0 bridgehead atoms. The van der Waals surface area contributed by atoms with Crippen LogP contribution in [0.15, 0.2) is 65.1 Å². The summed E-state index contributed by atoms with van der Waals surface area (Å²) < 4.78 is 9.13. The summed E-state index contributed by atoms with van der Waals surface area (Å²) in [6, 6.07) is 21.5. The van der Waals surface area contributed by atoms with Crippen LogP contribution >= 0.6 is 0 Å². The largest absolute Gasteiger partial charge is 0.456 e. The van der Waals surface area contributed by atoms with E-state index in [1.807, 2.05) is 25.1 Å². The number of rotatable bonds is 4. The molecule has 1 aliphatic carbocycles. The second-order valence-electron chi connectivity index (χ2n) is 11.2. The van der Waals surface area contributed by atoms with Crippen LogP contribution in [0.3, 0.4) is 0 Å². The second kappa shape index (κ2) is 9.76. The number of aromatic nitrogens is 1. The van der Waals surface area contributed by atoms with Gasteiger partial charge in [0.05, 0.1) is 12.1 Å². The van der Waals surface area contributed by atoms with E-state index in [1.54, 1.807) is 0 Å². The van der Waals surface area contributed by atoms with Gasteiger partial charge in [0, 0.05) is 35.4 Å². The maximum absolute atomic E-state index is 7.96. The Kier molecular flexibility index (Phi) is 6.28. The minimum absolute atomic E-state index is 0.664. The van der Waals surface area contributed by atoms with Crippen molar-refractivity contribution in [3.8, 4) is 22.4 Å². The van der Waals surface area contributed by atoms with Gasteiger partial charge in [-0.3, -0.25) is 0 Å². The Balaban J connectivity index is 1.61. The van der Waals surface area contributed by atoms with Crippen LogP contribution in [0.4, 0.5) is 5.69 Å². The standard InChI is InChI=1S/C35H35N2O/c1-22-16-17-28-29-18-23(2)33(36-4)32(27-14-10-7-11-15-27)35(29)38-34(28)31(22)30-21-26(19-24(3)37(30)5)20-25-12-8-6-9-13-25/h7,10-11,14-19,21,25H,6,8-9,12-13,20H2,1-3,5H3/q+1. The van der Waals surface area contributed by atoms with Gasteiger partial charge in [0.2, 0.25) is 11.4 Å². The average molecular weight is 500 g/mol. The van der Waals surface area contributed by atoms with Crippen LogP contribution in [0.2, 0.25) is 0 Å². The highest BCUT2D eigenvalue weighted by Crippen LogP contribution is 2.46. The molecular weight excluding hydrogens is 464 g/mol. The van der Waals surface area contributed by atoms with Crippen LogP contribution in [0.25, 0.3) is 49.2 Å². The number of hydrogen-bond acceptors (Lipinski definition) is 1. The molecular formula is C35H35N2O+. The molecule has 2 aromatic heterocycles. The summed E-state index contributed by atoms with van der Waals surface area (Å²) in [6.07, 6.45) is 7.96. The molecule has 1 saturated carbocycles. The number of fused-ring (bicyclic) bond motifs is 3. The van der Waals surface area contributed by atoms with E-state index >= 15 is 0 Å². The Morgan fingerprint density at radius 1 is 0.842 bits per heavy atom. The van der Waals surface area contributed by atoms with E-state index in [4.69, 9.17) is 11.0 Å². The lowest BCUT2D eigenvalue weighted by atomic mass is 9.84. The van der Waals surface area contributed by atoms with Gasteiger partial charge in [0.25, 0.3) is 0 Å². The zero-order chi connectivity index (χ0) is 26.4. The van der Waals surface area contributed by atoms with E-state index in [0.29, 0.717) is 5.69 Å².